The first-order chi connectivity index (χ1) is 7.65. The molecule has 4 atom stereocenters. The lowest BCUT2D eigenvalue weighted by molar-refractivity contribution is -0.125. The molecule has 92 valence electrons. The van der Waals surface area contributed by atoms with Crippen molar-refractivity contribution in [3.05, 3.63) is 0 Å². The van der Waals surface area contributed by atoms with Gasteiger partial charge >= 0.3 is 0 Å². The van der Waals surface area contributed by atoms with Gasteiger partial charge < -0.3 is 15.4 Å². The second-order valence-electron chi connectivity index (χ2n) is 5.08. The number of amides is 1. The van der Waals surface area contributed by atoms with Crippen LogP contribution in [0.2, 0.25) is 0 Å². The summed E-state index contributed by atoms with van der Waals surface area (Å²) < 4.78 is 5.66. The fourth-order valence-corrected chi connectivity index (χ4v) is 2.73. The van der Waals surface area contributed by atoms with Gasteiger partial charge in [-0.25, -0.2) is 0 Å². The third kappa shape index (κ3) is 2.95. The van der Waals surface area contributed by atoms with E-state index >= 15 is 0 Å². The van der Waals surface area contributed by atoms with Crippen LogP contribution in [0.3, 0.4) is 0 Å². The molecule has 1 amide bonds. The van der Waals surface area contributed by atoms with E-state index in [0.717, 1.165) is 32.2 Å². The van der Waals surface area contributed by atoms with Crippen LogP contribution in [-0.2, 0) is 9.53 Å². The highest BCUT2D eigenvalue weighted by molar-refractivity contribution is 5.82. The largest absolute Gasteiger partial charge is 0.375 e. The first-order valence-electron chi connectivity index (χ1n) is 6.34. The molecular weight excluding hydrogens is 204 g/mol. The molecule has 0 saturated carbocycles. The Balaban J connectivity index is 1.81. The molecular formula is C12H22N2O2. The molecule has 0 aromatic heterocycles. The van der Waals surface area contributed by atoms with E-state index < -0.39 is 0 Å². The van der Waals surface area contributed by atoms with Crippen molar-refractivity contribution in [2.75, 3.05) is 6.54 Å². The highest BCUT2D eigenvalue weighted by Gasteiger charge is 2.28. The molecule has 0 spiro atoms. The Labute approximate surface area is 97.1 Å². The summed E-state index contributed by atoms with van der Waals surface area (Å²) in [5, 5.41) is 6.37. The van der Waals surface area contributed by atoms with E-state index in [9.17, 15) is 4.79 Å². The van der Waals surface area contributed by atoms with Crippen molar-refractivity contribution in [2.24, 2.45) is 0 Å². The molecule has 2 saturated heterocycles. The van der Waals surface area contributed by atoms with E-state index in [4.69, 9.17) is 4.74 Å². The van der Waals surface area contributed by atoms with Gasteiger partial charge in [-0.1, -0.05) is 0 Å². The van der Waals surface area contributed by atoms with Crippen molar-refractivity contribution in [2.45, 2.75) is 63.8 Å². The van der Waals surface area contributed by atoms with Crippen LogP contribution in [0, 0.1) is 0 Å². The molecule has 1 unspecified atom stereocenters. The van der Waals surface area contributed by atoms with E-state index in [1.807, 2.05) is 0 Å². The van der Waals surface area contributed by atoms with E-state index in [-0.39, 0.29) is 30.2 Å². The first kappa shape index (κ1) is 11.9. The zero-order chi connectivity index (χ0) is 11.5. The van der Waals surface area contributed by atoms with Crippen molar-refractivity contribution in [3.63, 3.8) is 0 Å². The Morgan fingerprint density at radius 2 is 2.00 bits per heavy atom. The van der Waals surface area contributed by atoms with Gasteiger partial charge in [-0.3, -0.25) is 4.79 Å². The molecule has 0 aromatic rings. The SMILES string of the molecule is C[C@@H]1CC(NC(=O)[C@H]2CCCN2)C[C@H](C)O1. The van der Waals surface area contributed by atoms with Gasteiger partial charge in [0.1, 0.15) is 0 Å². The number of nitrogens with one attached hydrogen (secondary N) is 2. The summed E-state index contributed by atoms with van der Waals surface area (Å²) in [5.41, 5.74) is 0. The smallest absolute Gasteiger partial charge is 0.237 e. The van der Waals surface area contributed by atoms with Crippen LogP contribution in [0.15, 0.2) is 0 Å². The molecule has 0 bridgehead atoms. The maximum absolute atomic E-state index is 11.9. The van der Waals surface area contributed by atoms with Gasteiger partial charge in [0.25, 0.3) is 0 Å². The summed E-state index contributed by atoms with van der Waals surface area (Å²) in [5.74, 6) is 0.170. The molecule has 2 rings (SSSR count). The average Bonchev–Trinajstić information content (AvgIpc) is 2.68. The van der Waals surface area contributed by atoms with E-state index in [1.54, 1.807) is 0 Å². The van der Waals surface area contributed by atoms with Gasteiger partial charge in [0.15, 0.2) is 0 Å². The van der Waals surface area contributed by atoms with Crippen LogP contribution in [0.1, 0.15) is 39.5 Å². The summed E-state index contributed by atoms with van der Waals surface area (Å²) in [4.78, 5) is 11.9. The Bertz CT molecular complexity index is 241. The zero-order valence-corrected chi connectivity index (χ0v) is 10.2. The Kier molecular flexibility index (Phi) is 3.82. The van der Waals surface area contributed by atoms with Crippen molar-refractivity contribution in [1.29, 1.82) is 0 Å². The topological polar surface area (TPSA) is 50.4 Å². The molecule has 2 heterocycles. The van der Waals surface area contributed by atoms with Gasteiger partial charge in [-0.15, -0.1) is 0 Å². The van der Waals surface area contributed by atoms with Crippen molar-refractivity contribution in [1.82, 2.24) is 10.6 Å². The highest BCUT2D eigenvalue weighted by atomic mass is 16.5. The molecule has 2 N–H and O–H groups in total. The lowest BCUT2D eigenvalue weighted by atomic mass is 9.99. The summed E-state index contributed by atoms with van der Waals surface area (Å²) in [6.45, 7) is 5.12. The molecule has 2 aliphatic rings. The predicted octanol–water partition coefficient (Wildman–Crippen LogP) is 0.811. The third-order valence-electron chi connectivity index (χ3n) is 3.42. The maximum atomic E-state index is 11.9. The summed E-state index contributed by atoms with van der Waals surface area (Å²) >= 11 is 0. The average molecular weight is 226 g/mol. The zero-order valence-electron chi connectivity index (χ0n) is 10.2. The lowest BCUT2D eigenvalue weighted by Crippen LogP contribution is -2.49. The molecule has 16 heavy (non-hydrogen) atoms. The summed E-state index contributed by atoms with van der Waals surface area (Å²) in [7, 11) is 0. The number of carbonyl (C=O) groups excluding carboxylic acids is 1. The predicted molar refractivity (Wildman–Crippen MR) is 62.2 cm³/mol. The van der Waals surface area contributed by atoms with E-state index in [0.29, 0.717) is 0 Å². The number of hydrogen-bond donors (Lipinski definition) is 2. The second-order valence-corrected chi connectivity index (χ2v) is 5.08. The minimum Gasteiger partial charge on any atom is -0.375 e. The molecule has 0 aliphatic carbocycles. The van der Waals surface area contributed by atoms with Gasteiger partial charge in [-0.2, -0.15) is 0 Å². The summed E-state index contributed by atoms with van der Waals surface area (Å²) in [6.07, 6.45) is 4.46. The van der Waals surface area contributed by atoms with Gasteiger partial charge in [0, 0.05) is 6.04 Å². The Hall–Kier alpha value is -0.610. The molecule has 0 aromatic carbocycles. The Morgan fingerprint density at radius 3 is 2.56 bits per heavy atom. The van der Waals surface area contributed by atoms with Crippen molar-refractivity contribution < 1.29 is 9.53 Å². The molecule has 4 heteroatoms. The summed E-state index contributed by atoms with van der Waals surface area (Å²) in [6, 6.07) is 0.321. The standard InChI is InChI=1S/C12H22N2O2/c1-8-6-10(7-9(2)16-8)14-12(15)11-4-3-5-13-11/h8-11,13H,3-7H2,1-2H3,(H,14,15)/t8-,9+,10?,11-/m1/s1. The van der Waals surface area contributed by atoms with Crippen LogP contribution in [0.5, 0.6) is 0 Å². The van der Waals surface area contributed by atoms with Gasteiger partial charge in [0.2, 0.25) is 5.91 Å². The quantitative estimate of drug-likeness (QED) is 0.732. The molecule has 2 aliphatic heterocycles. The molecule has 4 nitrogen and oxygen atoms in total. The van der Waals surface area contributed by atoms with Gasteiger partial charge in [-0.05, 0) is 46.1 Å². The van der Waals surface area contributed by atoms with Crippen LogP contribution in [-0.4, -0.2) is 36.7 Å². The Morgan fingerprint density at radius 1 is 1.31 bits per heavy atom. The van der Waals surface area contributed by atoms with Crippen LogP contribution >= 0.6 is 0 Å². The van der Waals surface area contributed by atoms with Crippen molar-refractivity contribution >= 4 is 5.91 Å². The third-order valence-corrected chi connectivity index (χ3v) is 3.42. The minimum absolute atomic E-state index is 0.0356. The van der Waals surface area contributed by atoms with Crippen molar-refractivity contribution in [3.8, 4) is 0 Å². The minimum atomic E-state index is 0.0356. The second kappa shape index (κ2) is 5.15. The van der Waals surface area contributed by atoms with Crippen LogP contribution in [0.4, 0.5) is 0 Å². The lowest BCUT2D eigenvalue weighted by Gasteiger charge is -2.33. The van der Waals surface area contributed by atoms with Crippen LogP contribution < -0.4 is 10.6 Å². The highest BCUT2D eigenvalue weighted by Crippen LogP contribution is 2.19. The van der Waals surface area contributed by atoms with Gasteiger partial charge in [0.05, 0.1) is 18.2 Å². The fourth-order valence-electron chi connectivity index (χ4n) is 2.73. The van der Waals surface area contributed by atoms with E-state index in [1.165, 1.54) is 0 Å². The van der Waals surface area contributed by atoms with Crippen LogP contribution in [0.25, 0.3) is 0 Å². The fraction of sp³-hybridized carbons (Fsp3) is 0.917. The number of ether oxygens (including phenoxy) is 1. The monoisotopic (exact) mass is 226 g/mol. The first-order valence-corrected chi connectivity index (χ1v) is 6.34. The maximum Gasteiger partial charge on any atom is 0.237 e. The van der Waals surface area contributed by atoms with E-state index in [2.05, 4.69) is 24.5 Å². The molecule has 0 radical (unpaired) electrons. The number of rotatable bonds is 2. The number of hydrogen-bond acceptors (Lipinski definition) is 3. The number of carbonyl (C=O) groups is 1. The molecule has 2 fully saturated rings. The normalized spacial score (nSPS) is 39.6.